The lowest BCUT2D eigenvalue weighted by molar-refractivity contribution is -0.130. The van der Waals surface area contributed by atoms with Gasteiger partial charge in [0.15, 0.2) is 0 Å². The first-order chi connectivity index (χ1) is 9.81. The lowest BCUT2D eigenvalue weighted by Crippen LogP contribution is -2.48. The first-order valence-corrected chi connectivity index (χ1v) is 7.19. The predicted octanol–water partition coefficient (Wildman–Crippen LogP) is 3.42. The normalized spacial score (nSPS) is 16.2. The van der Waals surface area contributed by atoms with Crippen molar-refractivity contribution < 1.29 is 4.79 Å². The van der Waals surface area contributed by atoms with E-state index in [0.717, 1.165) is 30.4 Å². The fourth-order valence-corrected chi connectivity index (χ4v) is 2.88. The lowest BCUT2D eigenvalue weighted by atomic mass is 9.64. The summed E-state index contributed by atoms with van der Waals surface area (Å²) in [5, 5.41) is 3.10. The van der Waals surface area contributed by atoms with Crippen molar-refractivity contribution in [3.05, 3.63) is 71.8 Å². The van der Waals surface area contributed by atoms with Crippen molar-refractivity contribution >= 4 is 5.91 Å². The molecule has 0 aromatic heterocycles. The van der Waals surface area contributed by atoms with E-state index in [1.165, 1.54) is 0 Å². The Morgan fingerprint density at radius 3 is 2.10 bits per heavy atom. The molecule has 20 heavy (non-hydrogen) atoms. The number of amides is 1. The maximum absolute atomic E-state index is 12.6. The van der Waals surface area contributed by atoms with E-state index >= 15 is 0 Å². The van der Waals surface area contributed by atoms with E-state index in [1.807, 2.05) is 48.5 Å². The molecule has 102 valence electrons. The van der Waals surface area contributed by atoms with Crippen LogP contribution in [0.15, 0.2) is 60.7 Å². The molecule has 0 aliphatic heterocycles. The SMILES string of the molecule is O=C(NCc1ccccc1)C1(c2ccccc2)CCC1. The topological polar surface area (TPSA) is 29.1 Å². The van der Waals surface area contributed by atoms with Crippen molar-refractivity contribution in [1.29, 1.82) is 0 Å². The van der Waals surface area contributed by atoms with E-state index in [-0.39, 0.29) is 11.3 Å². The van der Waals surface area contributed by atoms with Crippen molar-refractivity contribution in [2.45, 2.75) is 31.2 Å². The lowest BCUT2D eigenvalue weighted by Gasteiger charge is -2.40. The standard InChI is InChI=1S/C18H19NO/c20-17(19-14-15-8-3-1-4-9-15)18(12-7-13-18)16-10-5-2-6-11-16/h1-6,8-11H,7,12-14H2,(H,19,20). The summed E-state index contributed by atoms with van der Waals surface area (Å²) in [6, 6.07) is 20.2. The minimum absolute atomic E-state index is 0.166. The molecule has 2 heteroatoms. The van der Waals surface area contributed by atoms with Crippen LogP contribution >= 0.6 is 0 Å². The maximum atomic E-state index is 12.6. The van der Waals surface area contributed by atoms with Gasteiger partial charge in [0.05, 0.1) is 5.41 Å². The van der Waals surface area contributed by atoms with Gasteiger partial charge in [0, 0.05) is 6.54 Å². The summed E-state index contributed by atoms with van der Waals surface area (Å²) in [5.41, 5.74) is 2.00. The third kappa shape index (κ3) is 2.34. The molecule has 1 saturated carbocycles. The van der Waals surface area contributed by atoms with Gasteiger partial charge in [-0.15, -0.1) is 0 Å². The third-order valence-electron chi connectivity index (χ3n) is 4.26. The van der Waals surface area contributed by atoms with Crippen molar-refractivity contribution in [2.24, 2.45) is 0 Å². The van der Waals surface area contributed by atoms with Crippen LogP contribution in [0.25, 0.3) is 0 Å². The molecule has 1 amide bonds. The van der Waals surface area contributed by atoms with E-state index in [9.17, 15) is 4.79 Å². The first kappa shape index (κ1) is 12.9. The Bertz CT molecular complexity index is 573. The van der Waals surface area contributed by atoms with Crippen LogP contribution in [0.4, 0.5) is 0 Å². The molecular weight excluding hydrogens is 246 g/mol. The molecule has 0 atom stereocenters. The Labute approximate surface area is 119 Å². The molecule has 0 bridgehead atoms. The number of hydrogen-bond acceptors (Lipinski definition) is 1. The smallest absolute Gasteiger partial charge is 0.230 e. The number of benzene rings is 2. The number of carbonyl (C=O) groups is 1. The first-order valence-electron chi connectivity index (χ1n) is 7.19. The highest BCUT2D eigenvalue weighted by Crippen LogP contribution is 2.43. The minimum atomic E-state index is -0.296. The summed E-state index contributed by atoms with van der Waals surface area (Å²) in [5.74, 6) is 0.166. The summed E-state index contributed by atoms with van der Waals surface area (Å²) in [7, 11) is 0. The zero-order chi connectivity index (χ0) is 13.8. The highest BCUT2D eigenvalue weighted by molar-refractivity contribution is 5.89. The average molecular weight is 265 g/mol. The second-order valence-corrected chi connectivity index (χ2v) is 5.47. The zero-order valence-corrected chi connectivity index (χ0v) is 11.5. The van der Waals surface area contributed by atoms with Gasteiger partial charge in [0.25, 0.3) is 0 Å². The molecule has 0 radical (unpaired) electrons. The largest absolute Gasteiger partial charge is 0.351 e. The van der Waals surface area contributed by atoms with Crippen molar-refractivity contribution in [3.8, 4) is 0 Å². The third-order valence-corrected chi connectivity index (χ3v) is 4.26. The van der Waals surface area contributed by atoms with Gasteiger partial charge < -0.3 is 5.32 Å². The molecule has 1 fully saturated rings. The van der Waals surface area contributed by atoms with Crippen LogP contribution in [0.1, 0.15) is 30.4 Å². The highest BCUT2D eigenvalue weighted by atomic mass is 16.2. The van der Waals surface area contributed by atoms with Gasteiger partial charge in [0.1, 0.15) is 0 Å². The van der Waals surface area contributed by atoms with Crippen LogP contribution in [-0.4, -0.2) is 5.91 Å². The van der Waals surface area contributed by atoms with E-state index in [4.69, 9.17) is 0 Å². The summed E-state index contributed by atoms with van der Waals surface area (Å²) in [6.07, 6.45) is 3.04. The molecule has 0 heterocycles. The van der Waals surface area contributed by atoms with Gasteiger partial charge in [0.2, 0.25) is 5.91 Å². The van der Waals surface area contributed by atoms with E-state index in [2.05, 4.69) is 17.4 Å². The van der Waals surface area contributed by atoms with E-state index in [0.29, 0.717) is 6.54 Å². The monoisotopic (exact) mass is 265 g/mol. The van der Waals surface area contributed by atoms with Gasteiger partial charge >= 0.3 is 0 Å². The maximum Gasteiger partial charge on any atom is 0.230 e. The second-order valence-electron chi connectivity index (χ2n) is 5.47. The molecule has 2 aromatic rings. The summed E-state index contributed by atoms with van der Waals surface area (Å²) < 4.78 is 0. The molecule has 1 aliphatic carbocycles. The summed E-state index contributed by atoms with van der Waals surface area (Å²) in [4.78, 5) is 12.6. The number of hydrogen-bond donors (Lipinski definition) is 1. The molecule has 3 rings (SSSR count). The van der Waals surface area contributed by atoms with E-state index in [1.54, 1.807) is 0 Å². The Balaban J connectivity index is 1.72. The quantitative estimate of drug-likeness (QED) is 0.901. The molecule has 1 N–H and O–H groups in total. The van der Waals surface area contributed by atoms with Crippen molar-refractivity contribution in [1.82, 2.24) is 5.32 Å². The van der Waals surface area contributed by atoms with Crippen LogP contribution in [0.5, 0.6) is 0 Å². The Hall–Kier alpha value is -2.09. The molecular formula is C18H19NO. The Kier molecular flexibility index (Phi) is 3.55. The number of rotatable bonds is 4. The van der Waals surface area contributed by atoms with Crippen LogP contribution in [-0.2, 0) is 16.8 Å². The molecule has 0 unspecified atom stereocenters. The molecule has 1 aliphatic rings. The average Bonchev–Trinajstić information content (AvgIpc) is 2.46. The molecule has 0 saturated heterocycles. The summed E-state index contributed by atoms with van der Waals surface area (Å²) in [6.45, 7) is 0.605. The fourth-order valence-electron chi connectivity index (χ4n) is 2.88. The van der Waals surface area contributed by atoms with Gasteiger partial charge in [-0.2, -0.15) is 0 Å². The van der Waals surface area contributed by atoms with Crippen molar-refractivity contribution in [2.75, 3.05) is 0 Å². The van der Waals surface area contributed by atoms with Crippen LogP contribution in [0.2, 0.25) is 0 Å². The van der Waals surface area contributed by atoms with Crippen LogP contribution < -0.4 is 5.32 Å². The summed E-state index contributed by atoms with van der Waals surface area (Å²) >= 11 is 0. The predicted molar refractivity (Wildman–Crippen MR) is 80.3 cm³/mol. The highest BCUT2D eigenvalue weighted by Gasteiger charge is 2.45. The van der Waals surface area contributed by atoms with Gasteiger partial charge in [-0.3, -0.25) is 4.79 Å². The van der Waals surface area contributed by atoms with E-state index < -0.39 is 0 Å². The second kappa shape index (κ2) is 5.49. The molecule has 0 spiro atoms. The molecule has 2 nitrogen and oxygen atoms in total. The van der Waals surface area contributed by atoms with Crippen LogP contribution in [0.3, 0.4) is 0 Å². The number of nitrogens with one attached hydrogen (secondary N) is 1. The van der Waals surface area contributed by atoms with Crippen molar-refractivity contribution in [3.63, 3.8) is 0 Å². The Morgan fingerprint density at radius 1 is 0.950 bits per heavy atom. The minimum Gasteiger partial charge on any atom is -0.351 e. The number of carbonyl (C=O) groups excluding carboxylic acids is 1. The Morgan fingerprint density at radius 2 is 1.55 bits per heavy atom. The van der Waals surface area contributed by atoms with Gasteiger partial charge in [-0.05, 0) is 24.0 Å². The molecule has 2 aromatic carbocycles. The zero-order valence-electron chi connectivity index (χ0n) is 11.5. The fraction of sp³-hybridized carbons (Fsp3) is 0.278. The van der Waals surface area contributed by atoms with Gasteiger partial charge in [-0.25, -0.2) is 0 Å². The van der Waals surface area contributed by atoms with Gasteiger partial charge in [-0.1, -0.05) is 67.1 Å². The van der Waals surface area contributed by atoms with Crippen LogP contribution in [0, 0.1) is 0 Å².